The van der Waals surface area contributed by atoms with E-state index in [1.165, 1.54) is 16.6 Å². The van der Waals surface area contributed by atoms with Gasteiger partial charge < -0.3 is 0 Å². The number of aromatic nitrogens is 1. The maximum atomic E-state index is 13.5. The second-order valence-electron chi connectivity index (χ2n) is 4.90. The van der Waals surface area contributed by atoms with E-state index >= 15 is 0 Å². The van der Waals surface area contributed by atoms with Crippen LogP contribution in [0, 0.1) is 17.7 Å². The number of nitrogens with zero attached hydrogens (tertiary/aromatic N) is 2. The van der Waals surface area contributed by atoms with Crippen molar-refractivity contribution in [2.45, 2.75) is 25.3 Å². The Balaban J connectivity index is 2.30. The molecule has 4 nitrogen and oxygen atoms in total. The van der Waals surface area contributed by atoms with Gasteiger partial charge in [0.2, 0.25) is 5.03 Å². The average molecular weight is 272 g/mol. The molecule has 0 aromatic carbocycles. The summed E-state index contributed by atoms with van der Waals surface area (Å²) in [6.07, 6.45) is 2.10. The van der Waals surface area contributed by atoms with E-state index in [9.17, 15) is 12.8 Å². The van der Waals surface area contributed by atoms with Crippen molar-refractivity contribution in [1.29, 1.82) is 0 Å². The van der Waals surface area contributed by atoms with E-state index in [4.69, 9.17) is 0 Å². The van der Waals surface area contributed by atoms with Gasteiger partial charge in [0.25, 0.3) is 10.0 Å². The third kappa shape index (κ3) is 2.40. The molecule has 1 fully saturated rings. The van der Waals surface area contributed by atoms with Crippen LogP contribution in [0.5, 0.6) is 0 Å². The van der Waals surface area contributed by atoms with Crippen molar-refractivity contribution in [2.75, 3.05) is 13.1 Å². The van der Waals surface area contributed by atoms with Gasteiger partial charge >= 0.3 is 0 Å². The van der Waals surface area contributed by atoms with E-state index in [2.05, 4.69) is 11.9 Å². The molecule has 0 aliphatic carbocycles. The summed E-state index contributed by atoms with van der Waals surface area (Å²) >= 11 is 0. The highest BCUT2D eigenvalue weighted by atomic mass is 32.2. The molecule has 18 heavy (non-hydrogen) atoms. The number of piperidine rings is 1. The molecule has 1 aromatic rings. The molecular weight excluding hydrogens is 255 g/mol. The molecule has 0 radical (unpaired) electrons. The first-order valence-electron chi connectivity index (χ1n) is 6.03. The normalized spacial score (nSPS) is 26.2. The summed E-state index contributed by atoms with van der Waals surface area (Å²) < 4.78 is 39.4. The molecule has 0 saturated carbocycles. The Kier molecular flexibility index (Phi) is 3.68. The highest BCUT2D eigenvalue weighted by molar-refractivity contribution is 7.89. The number of rotatable bonds is 2. The molecule has 0 N–H and O–H groups in total. The summed E-state index contributed by atoms with van der Waals surface area (Å²) in [6, 6.07) is 2.51. The molecule has 0 bridgehead atoms. The fourth-order valence-electron chi connectivity index (χ4n) is 2.13. The third-order valence-corrected chi connectivity index (χ3v) is 5.41. The fraction of sp³-hybridized carbons (Fsp3) is 0.583. The molecule has 2 unspecified atom stereocenters. The summed E-state index contributed by atoms with van der Waals surface area (Å²) in [7, 11) is -3.80. The van der Waals surface area contributed by atoms with E-state index in [1.54, 1.807) is 0 Å². The van der Waals surface area contributed by atoms with E-state index in [0.717, 1.165) is 12.5 Å². The van der Waals surface area contributed by atoms with Crippen LogP contribution in [0.25, 0.3) is 0 Å². The smallest absolute Gasteiger partial charge is 0.241 e. The predicted molar refractivity (Wildman–Crippen MR) is 65.9 cm³/mol. The summed E-state index contributed by atoms with van der Waals surface area (Å²) in [6.45, 7) is 4.99. The summed E-state index contributed by atoms with van der Waals surface area (Å²) in [5, 5.41) is -0.466. The van der Waals surface area contributed by atoms with E-state index in [1.807, 2.05) is 6.92 Å². The molecule has 2 heterocycles. The number of pyridine rings is 1. The van der Waals surface area contributed by atoms with Crippen molar-refractivity contribution in [3.63, 3.8) is 0 Å². The van der Waals surface area contributed by atoms with Crippen LogP contribution in [-0.4, -0.2) is 30.8 Å². The van der Waals surface area contributed by atoms with Crippen LogP contribution in [0.3, 0.4) is 0 Å². The topological polar surface area (TPSA) is 50.3 Å². The minimum Gasteiger partial charge on any atom is -0.241 e. The molecule has 2 atom stereocenters. The van der Waals surface area contributed by atoms with Crippen molar-refractivity contribution in [2.24, 2.45) is 11.8 Å². The van der Waals surface area contributed by atoms with Crippen molar-refractivity contribution in [1.82, 2.24) is 9.29 Å². The van der Waals surface area contributed by atoms with E-state index in [0.29, 0.717) is 19.0 Å². The first-order valence-corrected chi connectivity index (χ1v) is 7.47. The summed E-state index contributed by atoms with van der Waals surface area (Å²) in [5.74, 6) is -0.0193. The molecule has 2 rings (SSSR count). The van der Waals surface area contributed by atoms with Crippen molar-refractivity contribution in [3.8, 4) is 0 Å². The Morgan fingerprint density at radius 3 is 2.72 bits per heavy atom. The lowest BCUT2D eigenvalue weighted by atomic mass is 9.90. The number of hydrogen-bond donors (Lipinski definition) is 0. The zero-order chi connectivity index (χ0) is 13.3. The SMILES string of the molecule is CC1CCN(S(=O)(=O)c2ncccc2F)CC1C. The Morgan fingerprint density at radius 1 is 1.39 bits per heavy atom. The molecule has 1 aromatic heterocycles. The Bertz CT molecular complexity index is 533. The molecule has 1 saturated heterocycles. The van der Waals surface area contributed by atoms with Crippen LogP contribution in [-0.2, 0) is 10.0 Å². The maximum absolute atomic E-state index is 13.5. The molecule has 100 valence electrons. The molecule has 1 aliphatic rings. The number of hydrogen-bond acceptors (Lipinski definition) is 3. The first-order chi connectivity index (χ1) is 8.43. The molecule has 0 amide bonds. The van der Waals surface area contributed by atoms with Crippen LogP contribution < -0.4 is 0 Å². The molecule has 6 heteroatoms. The van der Waals surface area contributed by atoms with Crippen molar-refractivity contribution < 1.29 is 12.8 Å². The zero-order valence-corrected chi connectivity index (χ0v) is 11.3. The minimum absolute atomic E-state index is 0.278. The highest BCUT2D eigenvalue weighted by Crippen LogP contribution is 2.27. The maximum Gasteiger partial charge on any atom is 0.263 e. The second-order valence-corrected chi connectivity index (χ2v) is 6.75. The highest BCUT2D eigenvalue weighted by Gasteiger charge is 2.34. The Hall–Kier alpha value is -1.01. The lowest BCUT2D eigenvalue weighted by Gasteiger charge is -2.34. The summed E-state index contributed by atoms with van der Waals surface area (Å²) in [5.41, 5.74) is 0. The van der Waals surface area contributed by atoms with Gasteiger partial charge in [0.1, 0.15) is 0 Å². The third-order valence-electron chi connectivity index (χ3n) is 3.61. The largest absolute Gasteiger partial charge is 0.263 e. The van der Waals surface area contributed by atoms with Crippen molar-refractivity contribution in [3.05, 3.63) is 24.1 Å². The van der Waals surface area contributed by atoms with E-state index in [-0.39, 0.29) is 5.92 Å². The zero-order valence-electron chi connectivity index (χ0n) is 10.5. The second kappa shape index (κ2) is 4.93. The minimum atomic E-state index is -3.80. The predicted octanol–water partition coefficient (Wildman–Crippen LogP) is 1.89. The standard InChI is InChI=1S/C12H17FN2O2S/c1-9-5-7-15(8-10(9)2)18(16,17)12-11(13)4-3-6-14-12/h3-4,6,9-10H,5,7-8H2,1-2H3. The van der Waals surface area contributed by atoms with Gasteiger partial charge in [-0.15, -0.1) is 0 Å². The first kappa shape index (κ1) is 13.4. The lowest BCUT2D eigenvalue weighted by molar-refractivity contribution is 0.212. The van der Waals surface area contributed by atoms with Crippen LogP contribution in [0.15, 0.2) is 23.4 Å². The monoisotopic (exact) mass is 272 g/mol. The van der Waals surface area contributed by atoms with Gasteiger partial charge in [-0.2, -0.15) is 4.31 Å². The lowest BCUT2D eigenvalue weighted by Crippen LogP contribution is -2.42. The van der Waals surface area contributed by atoms with Gasteiger partial charge in [-0.1, -0.05) is 13.8 Å². The van der Waals surface area contributed by atoms with Crippen LogP contribution >= 0.6 is 0 Å². The van der Waals surface area contributed by atoms with Crippen LogP contribution in [0.1, 0.15) is 20.3 Å². The van der Waals surface area contributed by atoms with Crippen molar-refractivity contribution >= 4 is 10.0 Å². The van der Waals surface area contributed by atoms with Crippen LogP contribution in [0.2, 0.25) is 0 Å². The van der Waals surface area contributed by atoms with Gasteiger partial charge in [0.15, 0.2) is 5.82 Å². The fourth-order valence-corrected chi connectivity index (χ4v) is 3.66. The van der Waals surface area contributed by atoms with Gasteiger partial charge in [-0.3, -0.25) is 0 Å². The molecule has 1 aliphatic heterocycles. The van der Waals surface area contributed by atoms with Gasteiger partial charge in [0, 0.05) is 19.3 Å². The molecule has 0 spiro atoms. The number of halogens is 1. The van der Waals surface area contributed by atoms with Gasteiger partial charge in [-0.05, 0) is 30.4 Å². The summed E-state index contributed by atoms with van der Waals surface area (Å²) in [4.78, 5) is 3.66. The average Bonchev–Trinajstić information content (AvgIpc) is 2.33. The Morgan fingerprint density at radius 2 is 2.11 bits per heavy atom. The van der Waals surface area contributed by atoms with Gasteiger partial charge in [0.05, 0.1) is 0 Å². The van der Waals surface area contributed by atoms with Gasteiger partial charge in [-0.25, -0.2) is 17.8 Å². The van der Waals surface area contributed by atoms with Crippen LogP contribution in [0.4, 0.5) is 4.39 Å². The Labute approximate surface area is 107 Å². The number of sulfonamides is 1. The molecular formula is C12H17FN2O2S. The van der Waals surface area contributed by atoms with E-state index < -0.39 is 20.9 Å². The quantitative estimate of drug-likeness (QED) is 0.826.